The van der Waals surface area contributed by atoms with Crippen molar-refractivity contribution in [2.45, 2.75) is 0 Å². The van der Waals surface area contributed by atoms with Crippen LogP contribution in [0.3, 0.4) is 0 Å². The van der Waals surface area contributed by atoms with E-state index < -0.39 is 11.9 Å². The number of rotatable bonds is 11. The average Bonchev–Trinajstić information content (AvgIpc) is 2.94. The molecule has 1 aromatic carbocycles. The molecule has 2 heterocycles. The molecule has 0 atom stereocenters. The van der Waals surface area contributed by atoms with E-state index in [0.29, 0.717) is 64.4 Å². The van der Waals surface area contributed by atoms with Gasteiger partial charge in [0.15, 0.2) is 0 Å². The van der Waals surface area contributed by atoms with E-state index in [4.69, 9.17) is 35.3 Å². The van der Waals surface area contributed by atoms with Crippen LogP contribution >= 0.6 is 27.5 Å². The lowest BCUT2D eigenvalue weighted by molar-refractivity contribution is 0.0591. The first-order valence-corrected chi connectivity index (χ1v) is 12.3. The molecule has 0 unspecified atom stereocenters. The van der Waals surface area contributed by atoms with Gasteiger partial charge in [0.2, 0.25) is 11.8 Å². The predicted octanol–water partition coefficient (Wildman–Crippen LogP) is 4.87. The fraction of sp³-hybridized carbons (Fsp3) is 0.308. The molecule has 0 saturated carbocycles. The zero-order valence-electron chi connectivity index (χ0n) is 21.4. The molecular weight excluding hydrogens is 584 g/mol. The maximum Gasteiger partial charge on any atom is 0.339 e. The van der Waals surface area contributed by atoms with Gasteiger partial charge in [-0.15, -0.1) is 0 Å². The summed E-state index contributed by atoms with van der Waals surface area (Å²) >= 11 is 9.17. The van der Waals surface area contributed by atoms with Crippen molar-refractivity contribution < 1.29 is 38.0 Å². The van der Waals surface area contributed by atoms with Crippen LogP contribution in [0.15, 0.2) is 53.3 Å². The first kappa shape index (κ1) is 31.0. The monoisotopic (exact) mass is 610 g/mol. The summed E-state index contributed by atoms with van der Waals surface area (Å²) in [6, 6.07) is 10.5. The van der Waals surface area contributed by atoms with Gasteiger partial charge in [0.05, 0.1) is 43.0 Å². The molecule has 0 amide bonds. The summed E-state index contributed by atoms with van der Waals surface area (Å²) in [5.41, 5.74) is 2.26. The topological polar surface area (TPSA) is 115 Å². The molecule has 0 aliphatic carbocycles. The highest BCUT2D eigenvalue weighted by molar-refractivity contribution is 9.10. The van der Waals surface area contributed by atoms with Gasteiger partial charge in [-0.25, -0.2) is 19.6 Å². The van der Waals surface area contributed by atoms with E-state index in [2.05, 4.69) is 30.6 Å². The molecule has 0 aliphatic heterocycles. The molecule has 0 fully saturated rings. The number of halogens is 2. The molecule has 10 nitrogen and oxygen atoms in total. The van der Waals surface area contributed by atoms with Crippen molar-refractivity contribution in [3.63, 3.8) is 0 Å². The fourth-order valence-electron chi connectivity index (χ4n) is 2.84. The number of esters is 2. The van der Waals surface area contributed by atoms with Crippen LogP contribution in [-0.4, -0.2) is 76.8 Å². The quantitative estimate of drug-likeness (QED) is 0.220. The second-order valence-electron chi connectivity index (χ2n) is 7.26. The van der Waals surface area contributed by atoms with Gasteiger partial charge in [-0.1, -0.05) is 23.7 Å². The Kier molecular flexibility index (Phi) is 13.5. The molecule has 204 valence electrons. The van der Waals surface area contributed by atoms with E-state index in [-0.39, 0.29) is 0 Å². The van der Waals surface area contributed by atoms with Crippen molar-refractivity contribution in [2.24, 2.45) is 0 Å². The molecule has 3 rings (SSSR count). The average molecular weight is 612 g/mol. The molecule has 38 heavy (non-hydrogen) atoms. The molecule has 0 spiro atoms. The van der Waals surface area contributed by atoms with Gasteiger partial charge >= 0.3 is 11.9 Å². The van der Waals surface area contributed by atoms with Crippen molar-refractivity contribution >= 4 is 39.5 Å². The second kappa shape index (κ2) is 16.6. The van der Waals surface area contributed by atoms with E-state index in [9.17, 15) is 9.59 Å². The Morgan fingerprint density at radius 2 is 1.26 bits per heavy atom. The molecule has 0 saturated heterocycles. The summed E-state index contributed by atoms with van der Waals surface area (Å²) < 4.78 is 30.6. The van der Waals surface area contributed by atoms with E-state index in [1.165, 1.54) is 26.6 Å². The summed E-state index contributed by atoms with van der Waals surface area (Å²) in [7, 11) is 5.83. The largest absolute Gasteiger partial charge is 0.475 e. The van der Waals surface area contributed by atoms with E-state index in [1.54, 1.807) is 38.5 Å². The van der Waals surface area contributed by atoms with Gasteiger partial charge in [0.1, 0.15) is 13.2 Å². The van der Waals surface area contributed by atoms with Gasteiger partial charge in [0, 0.05) is 37.2 Å². The normalized spacial score (nSPS) is 10.2. The van der Waals surface area contributed by atoms with E-state index >= 15 is 0 Å². The van der Waals surface area contributed by atoms with Crippen molar-refractivity contribution in [3.8, 4) is 22.9 Å². The van der Waals surface area contributed by atoms with Crippen molar-refractivity contribution in [2.75, 3.05) is 54.9 Å². The molecule has 0 aliphatic rings. The zero-order valence-corrected chi connectivity index (χ0v) is 23.7. The summed E-state index contributed by atoms with van der Waals surface area (Å²) in [5.74, 6) is -0.0421. The first-order chi connectivity index (χ1) is 18.3. The van der Waals surface area contributed by atoms with Crippen LogP contribution in [0.4, 0.5) is 0 Å². The van der Waals surface area contributed by atoms with E-state index in [0.717, 1.165) is 5.56 Å². The number of pyridine rings is 2. The molecule has 0 N–H and O–H groups in total. The number of methoxy groups -OCH3 is 4. The molecular formula is C26H28BrClN2O8. The highest BCUT2D eigenvalue weighted by atomic mass is 79.9. The van der Waals surface area contributed by atoms with Crippen LogP contribution in [0.1, 0.15) is 20.7 Å². The minimum atomic E-state index is -0.453. The molecule has 0 bridgehead atoms. The third-order valence-corrected chi connectivity index (χ3v) is 5.53. The summed E-state index contributed by atoms with van der Waals surface area (Å²) in [5, 5.41) is 0.627. The highest BCUT2D eigenvalue weighted by Crippen LogP contribution is 2.30. The third kappa shape index (κ3) is 9.56. The molecule has 3 aromatic rings. The summed E-state index contributed by atoms with van der Waals surface area (Å²) in [6.45, 7) is 1.69. The summed E-state index contributed by atoms with van der Waals surface area (Å²) in [4.78, 5) is 31.1. The van der Waals surface area contributed by atoms with Gasteiger partial charge in [-0.2, -0.15) is 0 Å². The number of benzene rings is 1. The number of aromatic nitrogens is 2. The Balaban J connectivity index is 0.000000281. The van der Waals surface area contributed by atoms with Gasteiger partial charge < -0.3 is 28.4 Å². The van der Waals surface area contributed by atoms with Crippen molar-refractivity contribution in [3.05, 3.63) is 69.4 Å². The van der Waals surface area contributed by atoms with Gasteiger partial charge in [-0.3, -0.25) is 0 Å². The number of nitrogens with zero attached hydrogens (tertiary/aromatic N) is 2. The Morgan fingerprint density at radius 1 is 0.763 bits per heavy atom. The smallest absolute Gasteiger partial charge is 0.339 e. The Bertz CT molecular complexity index is 1190. The first-order valence-electron chi connectivity index (χ1n) is 11.2. The number of ether oxygens (including phenoxy) is 6. The third-order valence-electron chi connectivity index (χ3n) is 4.71. The second-order valence-corrected chi connectivity index (χ2v) is 8.55. The van der Waals surface area contributed by atoms with Crippen molar-refractivity contribution in [1.29, 1.82) is 0 Å². The number of hydrogen-bond donors (Lipinski definition) is 0. The fourth-order valence-corrected chi connectivity index (χ4v) is 3.43. The highest BCUT2D eigenvalue weighted by Gasteiger charge is 2.14. The van der Waals surface area contributed by atoms with Crippen LogP contribution in [0.25, 0.3) is 11.1 Å². The van der Waals surface area contributed by atoms with Crippen LogP contribution in [0, 0.1) is 0 Å². The van der Waals surface area contributed by atoms with Crippen LogP contribution in [0.5, 0.6) is 11.8 Å². The Morgan fingerprint density at radius 3 is 1.76 bits per heavy atom. The standard InChI is InChI=1S/C16H16ClNO4.C10H12BrNO4/c1-20-7-8-22-15-14(11-3-5-13(17)6-4-11)9-12(10-18-15)16(19)21-2;1-14-3-4-16-9-8(11)5-7(6-12-9)10(13)15-2/h3-6,9-10H,7-8H2,1-2H3;5-6H,3-4H2,1-2H3. The number of hydrogen-bond acceptors (Lipinski definition) is 10. The van der Waals surface area contributed by atoms with Crippen LogP contribution in [-0.2, 0) is 18.9 Å². The minimum absolute atomic E-state index is 0.353. The summed E-state index contributed by atoms with van der Waals surface area (Å²) in [6.07, 6.45) is 2.83. The minimum Gasteiger partial charge on any atom is -0.475 e. The van der Waals surface area contributed by atoms with Gasteiger partial charge in [0.25, 0.3) is 0 Å². The van der Waals surface area contributed by atoms with Gasteiger partial charge in [-0.05, 0) is 45.8 Å². The zero-order chi connectivity index (χ0) is 27.9. The Hall–Kier alpha value is -3.25. The number of carbonyl (C=O) groups is 2. The lowest BCUT2D eigenvalue weighted by Gasteiger charge is -2.11. The van der Waals surface area contributed by atoms with Crippen LogP contribution < -0.4 is 9.47 Å². The molecule has 2 aromatic heterocycles. The maximum atomic E-state index is 11.7. The number of carbonyl (C=O) groups excluding carboxylic acids is 2. The SMILES string of the molecule is COCCOc1ncc(C(=O)OC)cc1-c1ccc(Cl)cc1.COCCOc1ncc(C(=O)OC)cc1Br. The predicted molar refractivity (Wildman–Crippen MR) is 144 cm³/mol. The molecule has 12 heteroatoms. The van der Waals surface area contributed by atoms with Crippen LogP contribution in [0.2, 0.25) is 5.02 Å². The molecule has 0 radical (unpaired) electrons. The lowest BCUT2D eigenvalue weighted by Crippen LogP contribution is -2.08. The lowest BCUT2D eigenvalue weighted by atomic mass is 10.1. The van der Waals surface area contributed by atoms with Crippen molar-refractivity contribution in [1.82, 2.24) is 9.97 Å². The van der Waals surface area contributed by atoms with E-state index in [1.807, 2.05) is 12.1 Å². The maximum absolute atomic E-state index is 11.7. The Labute approximate surface area is 234 Å².